The van der Waals surface area contributed by atoms with Crippen molar-refractivity contribution < 1.29 is 14.4 Å². The number of H-pyrrole nitrogens is 1. The summed E-state index contributed by atoms with van der Waals surface area (Å²) in [6.45, 7) is 3.64. The third-order valence-corrected chi connectivity index (χ3v) is 4.71. The number of aromatic amines is 1. The zero-order chi connectivity index (χ0) is 20.0. The fourth-order valence-electron chi connectivity index (χ4n) is 2.96. The van der Waals surface area contributed by atoms with Gasteiger partial charge >= 0.3 is 6.03 Å². The molecular weight excluding hydrogens is 368 g/mol. The van der Waals surface area contributed by atoms with Crippen molar-refractivity contribution in [2.24, 2.45) is 11.7 Å². The summed E-state index contributed by atoms with van der Waals surface area (Å²) in [5.74, 6) is -0.594. The third kappa shape index (κ3) is 5.99. The minimum Gasteiger partial charge on any atom is -0.361 e. The Morgan fingerprint density at radius 2 is 2.04 bits per heavy atom. The Morgan fingerprint density at radius 1 is 1.30 bits per heavy atom. The minimum atomic E-state index is -0.605. The van der Waals surface area contributed by atoms with Gasteiger partial charge in [0, 0.05) is 34.6 Å². The van der Waals surface area contributed by atoms with Crippen LogP contribution in [-0.4, -0.2) is 35.3 Å². The summed E-state index contributed by atoms with van der Waals surface area (Å²) >= 11 is 5.99. The van der Waals surface area contributed by atoms with Gasteiger partial charge < -0.3 is 21.4 Å². The molecule has 0 aliphatic rings. The van der Waals surface area contributed by atoms with Gasteiger partial charge in [-0.15, -0.1) is 0 Å². The molecule has 0 aliphatic carbocycles. The molecular formula is C19H25ClN4O3. The second kappa shape index (κ2) is 9.41. The number of fused-ring (bicyclic) bond motifs is 1. The van der Waals surface area contributed by atoms with Crippen molar-refractivity contribution in [1.82, 2.24) is 15.6 Å². The van der Waals surface area contributed by atoms with Crippen molar-refractivity contribution in [3.05, 3.63) is 35.0 Å². The molecule has 27 heavy (non-hydrogen) atoms. The van der Waals surface area contributed by atoms with E-state index in [4.69, 9.17) is 17.3 Å². The van der Waals surface area contributed by atoms with Crippen molar-refractivity contribution in [3.8, 4) is 0 Å². The fourth-order valence-corrected chi connectivity index (χ4v) is 3.13. The molecule has 0 spiro atoms. The van der Waals surface area contributed by atoms with Crippen LogP contribution in [0.15, 0.2) is 24.4 Å². The summed E-state index contributed by atoms with van der Waals surface area (Å²) in [4.78, 5) is 38.2. The van der Waals surface area contributed by atoms with Crippen molar-refractivity contribution in [2.45, 2.75) is 39.2 Å². The number of nitrogens with one attached hydrogen (secondary N) is 3. The number of Topliss-reactive ketones (excluding diaryl/α,β-unsaturated/α-hetero) is 1. The van der Waals surface area contributed by atoms with E-state index in [1.165, 1.54) is 6.92 Å². The first-order valence-corrected chi connectivity index (χ1v) is 9.25. The Bertz CT molecular complexity index is 833. The second-order valence-corrected chi connectivity index (χ2v) is 7.15. The van der Waals surface area contributed by atoms with Crippen LogP contribution in [0.25, 0.3) is 10.9 Å². The van der Waals surface area contributed by atoms with E-state index in [-0.39, 0.29) is 17.6 Å². The minimum absolute atomic E-state index is 0.114. The van der Waals surface area contributed by atoms with Gasteiger partial charge in [0.15, 0.2) is 5.78 Å². The lowest BCUT2D eigenvalue weighted by molar-refractivity contribution is -0.129. The molecule has 3 amide bonds. The van der Waals surface area contributed by atoms with E-state index in [1.54, 1.807) is 0 Å². The molecule has 5 N–H and O–H groups in total. The molecule has 8 heteroatoms. The highest BCUT2D eigenvalue weighted by Gasteiger charge is 2.21. The van der Waals surface area contributed by atoms with Gasteiger partial charge in [-0.1, -0.05) is 24.6 Å². The van der Waals surface area contributed by atoms with Crippen LogP contribution in [0, 0.1) is 5.92 Å². The highest BCUT2D eigenvalue weighted by Crippen LogP contribution is 2.24. The molecule has 0 radical (unpaired) electrons. The number of hydrogen-bond donors (Lipinski definition) is 4. The van der Waals surface area contributed by atoms with E-state index in [1.807, 2.05) is 31.3 Å². The summed E-state index contributed by atoms with van der Waals surface area (Å²) in [6, 6.07) is 4.41. The fraction of sp³-hybridized carbons (Fsp3) is 0.421. The van der Waals surface area contributed by atoms with E-state index in [9.17, 15) is 14.4 Å². The number of benzene rings is 1. The largest absolute Gasteiger partial charge is 0.361 e. The maximum Gasteiger partial charge on any atom is 0.312 e. The summed E-state index contributed by atoms with van der Waals surface area (Å²) in [6.07, 6.45) is 3.41. The van der Waals surface area contributed by atoms with Crippen molar-refractivity contribution in [2.75, 3.05) is 6.54 Å². The first-order valence-electron chi connectivity index (χ1n) is 8.87. The Labute approximate surface area is 163 Å². The monoisotopic (exact) mass is 392 g/mol. The van der Waals surface area contributed by atoms with Gasteiger partial charge in [0.1, 0.15) is 0 Å². The number of amides is 3. The molecule has 1 aromatic carbocycles. The molecule has 7 nitrogen and oxygen atoms in total. The highest BCUT2D eigenvalue weighted by atomic mass is 35.5. The molecule has 0 saturated heterocycles. The zero-order valence-corrected chi connectivity index (χ0v) is 16.2. The molecule has 2 atom stereocenters. The van der Waals surface area contributed by atoms with Crippen LogP contribution >= 0.6 is 11.6 Å². The number of primary amides is 1. The molecule has 2 rings (SSSR count). The van der Waals surface area contributed by atoms with Gasteiger partial charge in [0.25, 0.3) is 0 Å². The van der Waals surface area contributed by atoms with Crippen LogP contribution in [0.4, 0.5) is 4.79 Å². The van der Waals surface area contributed by atoms with Gasteiger partial charge in [0.2, 0.25) is 5.91 Å². The molecule has 1 heterocycles. The average Bonchev–Trinajstić information content (AvgIpc) is 2.98. The first-order chi connectivity index (χ1) is 12.8. The van der Waals surface area contributed by atoms with E-state index in [2.05, 4.69) is 15.6 Å². The number of urea groups is 1. The summed E-state index contributed by atoms with van der Waals surface area (Å²) in [5.41, 5.74) is 6.95. The molecule has 2 aromatic rings. The van der Waals surface area contributed by atoms with Gasteiger partial charge in [0.05, 0.1) is 6.04 Å². The van der Waals surface area contributed by atoms with Crippen molar-refractivity contribution in [3.63, 3.8) is 0 Å². The van der Waals surface area contributed by atoms with E-state index < -0.39 is 12.1 Å². The maximum atomic E-state index is 12.5. The molecule has 2 unspecified atom stereocenters. The van der Waals surface area contributed by atoms with E-state index in [0.717, 1.165) is 16.5 Å². The van der Waals surface area contributed by atoms with Crippen LogP contribution in [0.2, 0.25) is 5.02 Å². The maximum absolute atomic E-state index is 12.5. The zero-order valence-electron chi connectivity index (χ0n) is 15.5. The SMILES string of the molecule is CC(=O)C(CCCNC(N)=O)NC(=O)C(C)Cc1c[nH]c2cc(Cl)ccc12. The van der Waals surface area contributed by atoms with Crippen LogP contribution < -0.4 is 16.4 Å². The predicted molar refractivity (Wildman–Crippen MR) is 106 cm³/mol. The van der Waals surface area contributed by atoms with E-state index in [0.29, 0.717) is 30.8 Å². The molecule has 1 aromatic heterocycles. The second-order valence-electron chi connectivity index (χ2n) is 6.71. The van der Waals surface area contributed by atoms with Crippen LogP contribution in [0.1, 0.15) is 32.3 Å². The van der Waals surface area contributed by atoms with Crippen molar-refractivity contribution in [1.29, 1.82) is 0 Å². The van der Waals surface area contributed by atoms with Gasteiger partial charge in [-0.2, -0.15) is 0 Å². The van der Waals surface area contributed by atoms with Gasteiger partial charge in [-0.3, -0.25) is 9.59 Å². The Morgan fingerprint density at radius 3 is 2.70 bits per heavy atom. The topological polar surface area (TPSA) is 117 Å². The summed E-state index contributed by atoms with van der Waals surface area (Å²) < 4.78 is 0. The number of halogens is 1. The number of ketones is 1. The molecule has 0 aliphatic heterocycles. The Kier molecular flexibility index (Phi) is 7.24. The Balaban J connectivity index is 1.93. The normalized spacial score (nSPS) is 13.1. The molecule has 0 bridgehead atoms. The lowest BCUT2D eigenvalue weighted by Crippen LogP contribution is -2.43. The number of nitrogens with two attached hydrogens (primary N) is 1. The lowest BCUT2D eigenvalue weighted by atomic mass is 9.98. The van der Waals surface area contributed by atoms with Gasteiger partial charge in [-0.05, 0) is 43.9 Å². The predicted octanol–water partition coefficient (Wildman–Crippen LogP) is 2.52. The van der Waals surface area contributed by atoms with Crippen LogP contribution in [0.5, 0.6) is 0 Å². The van der Waals surface area contributed by atoms with Crippen molar-refractivity contribution >= 4 is 40.2 Å². The molecule has 0 fully saturated rings. The third-order valence-electron chi connectivity index (χ3n) is 4.48. The number of carbonyl (C=O) groups excluding carboxylic acids is 3. The summed E-state index contributed by atoms with van der Waals surface area (Å²) in [5, 5.41) is 6.96. The highest BCUT2D eigenvalue weighted by molar-refractivity contribution is 6.31. The molecule has 146 valence electrons. The van der Waals surface area contributed by atoms with Gasteiger partial charge in [-0.25, -0.2) is 4.79 Å². The number of aromatic nitrogens is 1. The standard InChI is InChI=1S/C19H25ClN4O3/c1-11(8-13-10-23-17-9-14(20)5-6-15(13)17)18(26)24-16(12(2)25)4-3-7-22-19(21)27/h5-6,9-11,16,23H,3-4,7-8H2,1-2H3,(H,24,26)(H3,21,22,27). The number of hydrogen-bond acceptors (Lipinski definition) is 3. The molecule has 0 saturated carbocycles. The van der Waals surface area contributed by atoms with Crippen LogP contribution in [-0.2, 0) is 16.0 Å². The van der Waals surface area contributed by atoms with Crippen LogP contribution in [0.3, 0.4) is 0 Å². The first kappa shape index (κ1) is 20.8. The Hall–Kier alpha value is -2.54. The quantitative estimate of drug-likeness (QED) is 0.491. The number of carbonyl (C=O) groups is 3. The van der Waals surface area contributed by atoms with E-state index >= 15 is 0 Å². The lowest BCUT2D eigenvalue weighted by Gasteiger charge is -2.19. The number of rotatable bonds is 9. The summed E-state index contributed by atoms with van der Waals surface area (Å²) in [7, 11) is 0. The average molecular weight is 393 g/mol. The smallest absolute Gasteiger partial charge is 0.312 e.